The third kappa shape index (κ3) is 7.86. The second-order valence-corrected chi connectivity index (χ2v) is 8.75. The topological polar surface area (TPSA) is 63.2 Å². The van der Waals surface area contributed by atoms with Crippen molar-refractivity contribution in [3.63, 3.8) is 0 Å². The highest BCUT2D eigenvalue weighted by Crippen LogP contribution is 2.27. The lowest BCUT2D eigenvalue weighted by atomic mass is 10.1. The number of nitrogens with zero attached hydrogens (tertiary/aromatic N) is 4. The van der Waals surface area contributed by atoms with E-state index in [1.54, 1.807) is 0 Å². The second kappa shape index (κ2) is 12.9. The van der Waals surface area contributed by atoms with Crippen LogP contribution in [0.15, 0.2) is 4.99 Å². The molecule has 168 valence electrons. The molecule has 0 aromatic rings. The molecule has 3 aliphatic rings. The number of hydrogen-bond acceptors (Lipinski definition) is 4. The fraction of sp³-hybridized carbons (Fsp3) is 0.905. The van der Waals surface area contributed by atoms with Crippen LogP contribution in [-0.2, 0) is 4.79 Å². The summed E-state index contributed by atoms with van der Waals surface area (Å²) in [5.74, 6) is 1.54. The molecule has 1 atom stereocenters. The summed E-state index contributed by atoms with van der Waals surface area (Å²) in [5.41, 5.74) is 0. The van der Waals surface area contributed by atoms with E-state index in [4.69, 9.17) is 0 Å². The van der Waals surface area contributed by atoms with Crippen LogP contribution in [0, 0.1) is 5.92 Å². The van der Waals surface area contributed by atoms with Gasteiger partial charge in [-0.15, -0.1) is 24.0 Å². The van der Waals surface area contributed by atoms with Crippen LogP contribution in [0.2, 0.25) is 0 Å². The zero-order valence-electron chi connectivity index (χ0n) is 18.4. The predicted molar refractivity (Wildman–Crippen MR) is 130 cm³/mol. The summed E-state index contributed by atoms with van der Waals surface area (Å²) in [6.07, 6.45) is 8.02. The molecule has 2 saturated heterocycles. The molecule has 2 heterocycles. The summed E-state index contributed by atoms with van der Waals surface area (Å²) in [4.78, 5) is 24.0. The van der Waals surface area contributed by atoms with E-state index in [0.29, 0.717) is 11.9 Å². The van der Waals surface area contributed by atoms with E-state index in [1.807, 2.05) is 7.05 Å². The maximum Gasteiger partial charge on any atom is 0.225 e. The van der Waals surface area contributed by atoms with Gasteiger partial charge in [-0.2, -0.15) is 0 Å². The Bertz CT molecular complexity index is 525. The minimum Gasteiger partial charge on any atom is -0.356 e. The minimum atomic E-state index is 0. The average molecular weight is 521 g/mol. The van der Waals surface area contributed by atoms with E-state index < -0.39 is 0 Å². The maximum atomic E-state index is 12.6. The van der Waals surface area contributed by atoms with Crippen molar-refractivity contribution >= 4 is 35.8 Å². The number of carbonyl (C=O) groups excluding carboxylic acids is 1. The second-order valence-electron chi connectivity index (χ2n) is 8.75. The van der Waals surface area contributed by atoms with Crippen LogP contribution in [0.4, 0.5) is 0 Å². The van der Waals surface area contributed by atoms with Crippen LogP contribution in [0.5, 0.6) is 0 Å². The van der Waals surface area contributed by atoms with Crippen molar-refractivity contribution in [1.82, 2.24) is 25.3 Å². The van der Waals surface area contributed by atoms with Crippen LogP contribution >= 0.6 is 24.0 Å². The van der Waals surface area contributed by atoms with Crippen LogP contribution in [0.3, 0.4) is 0 Å². The SMILES string of the molecule is CN=C(NCCCN1CCCN(C)CC1)NC1CCN(C(=O)C2CCCC2)C1.I. The summed E-state index contributed by atoms with van der Waals surface area (Å²) in [6, 6.07) is 0.317. The Balaban J connectivity index is 0.00000300. The van der Waals surface area contributed by atoms with Gasteiger partial charge in [0.2, 0.25) is 5.91 Å². The number of rotatable bonds is 6. The first kappa shape index (κ1) is 24.7. The first-order chi connectivity index (χ1) is 13.7. The van der Waals surface area contributed by atoms with Gasteiger partial charge in [0, 0.05) is 51.7 Å². The Morgan fingerprint density at radius 3 is 2.59 bits per heavy atom. The third-order valence-electron chi connectivity index (χ3n) is 6.52. The summed E-state index contributed by atoms with van der Waals surface area (Å²) in [5, 5.41) is 6.98. The standard InChI is InChI=1S/C21H40N6O.HI/c1-22-21(23-10-5-12-26-13-6-11-25(2)15-16-26)24-19-9-14-27(17-19)20(28)18-7-3-4-8-18;/h18-19H,3-17H2,1-2H3,(H2,22,23,24);1H. The molecule has 3 fully saturated rings. The number of aliphatic imine (C=N–C) groups is 1. The number of guanidine groups is 1. The van der Waals surface area contributed by atoms with Crippen molar-refractivity contribution in [3.05, 3.63) is 0 Å². The number of carbonyl (C=O) groups is 1. The monoisotopic (exact) mass is 520 g/mol. The molecule has 2 aliphatic heterocycles. The molecule has 3 rings (SSSR count). The summed E-state index contributed by atoms with van der Waals surface area (Å²) >= 11 is 0. The number of likely N-dealkylation sites (tertiary alicyclic amines) is 1. The first-order valence-corrected chi connectivity index (χ1v) is 11.3. The predicted octanol–water partition coefficient (Wildman–Crippen LogP) is 1.59. The molecule has 7 nitrogen and oxygen atoms in total. The molecule has 0 bridgehead atoms. The Kier molecular flexibility index (Phi) is 11.0. The van der Waals surface area contributed by atoms with Crippen LogP contribution in [0.1, 0.15) is 44.9 Å². The summed E-state index contributed by atoms with van der Waals surface area (Å²) < 4.78 is 0. The molecule has 8 heteroatoms. The van der Waals surface area contributed by atoms with Crippen molar-refractivity contribution in [2.75, 3.05) is 66.5 Å². The Labute approximate surface area is 194 Å². The lowest BCUT2D eigenvalue weighted by Gasteiger charge is -2.22. The fourth-order valence-corrected chi connectivity index (χ4v) is 4.73. The Hall–Kier alpha value is -0.610. The molecule has 0 radical (unpaired) electrons. The number of amides is 1. The molecular weight excluding hydrogens is 479 g/mol. The van der Waals surface area contributed by atoms with Crippen molar-refractivity contribution in [2.24, 2.45) is 10.9 Å². The highest BCUT2D eigenvalue weighted by Gasteiger charge is 2.32. The maximum absolute atomic E-state index is 12.6. The number of nitrogens with one attached hydrogen (secondary N) is 2. The molecule has 0 spiro atoms. The van der Waals surface area contributed by atoms with Gasteiger partial charge in [0.05, 0.1) is 0 Å². The zero-order chi connectivity index (χ0) is 19.8. The van der Waals surface area contributed by atoms with Gasteiger partial charge in [-0.05, 0) is 58.8 Å². The summed E-state index contributed by atoms with van der Waals surface area (Å²) in [6.45, 7) is 8.56. The van der Waals surface area contributed by atoms with Crippen molar-refractivity contribution in [3.8, 4) is 0 Å². The minimum absolute atomic E-state index is 0. The van der Waals surface area contributed by atoms with Crippen molar-refractivity contribution in [1.29, 1.82) is 0 Å². The molecule has 1 saturated carbocycles. The largest absolute Gasteiger partial charge is 0.356 e. The molecular formula is C21H41IN6O. The zero-order valence-corrected chi connectivity index (χ0v) is 20.7. The molecule has 0 aromatic carbocycles. The Morgan fingerprint density at radius 2 is 1.83 bits per heavy atom. The van der Waals surface area contributed by atoms with E-state index in [2.05, 4.69) is 37.4 Å². The molecule has 1 aliphatic carbocycles. The van der Waals surface area contributed by atoms with Crippen LogP contribution in [-0.4, -0.2) is 99.1 Å². The fourth-order valence-electron chi connectivity index (χ4n) is 4.73. The average Bonchev–Trinajstić information content (AvgIpc) is 3.35. The van der Waals surface area contributed by atoms with Gasteiger partial charge in [0.25, 0.3) is 0 Å². The van der Waals surface area contributed by atoms with Crippen molar-refractivity contribution < 1.29 is 4.79 Å². The number of hydrogen-bond donors (Lipinski definition) is 2. The van der Waals surface area contributed by atoms with Crippen molar-refractivity contribution in [2.45, 2.75) is 51.0 Å². The molecule has 1 unspecified atom stereocenters. The number of likely N-dealkylation sites (N-methyl/N-ethyl adjacent to an activating group) is 1. The van der Waals surface area contributed by atoms with Gasteiger partial charge in [0.15, 0.2) is 5.96 Å². The van der Waals surface area contributed by atoms with Crippen LogP contribution in [0.25, 0.3) is 0 Å². The van der Waals surface area contributed by atoms with Gasteiger partial charge in [0.1, 0.15) is 0 Å². The summed E-state index contributed by atoms with van der Waals surface area (Å²) in [7, 11) is 4.04. The van der Waals surface area contributed by atoms with Gasteiger partial charge in [-0.3, -0.25) is 9.79 Å². The molecule has 0 aromatic heterocycles. The first-order valence-electron chi connectivity index (χ1n) is 11.3. The lowest BCUT2D eigenvalue weighted by molar-refractivity contribution is -0.134. The van der Waals surface area contributed by atoms with Gasteiger partial charge >= 0.3 is 0 Å². The van der Waals surface area contributed by atoms with Crippen LogP contribution < -0.4 is 10.6 Å². The van der Waals surface area contributed by atoms with E-state index in [-0.39, 0.29) is 29.9 Å². The van der Waals surface area contributed by atoms with Gasteiger partial charge in [-0.1, -0.05) is 12.8 Å². The molecule has 29 heavy (non-hydrogen) atoms. The van der Waals surface area contributed by atoms with E-state index in [9.17, 15) is 4.79 Å². The molecule has 1 amide bonds. The quantitative estimate of drug-likeness (QED) is 0.241. The molecule has 2 N–H and O–H groups in total. The Morgan fingerprint density at radius 1 is 1.03 bits per heavy atom. The highest BCUT2D eigenvalue weighted by molar-refractivity contribution is 14.0. The smallest absolute Gasteiger partial charge is 0.225 e. The van der Waals surface area contributed by atoms with E-state index >= 15 is 0 Å². The van der Waals surface area contributed by atoms with Gasteiger partial charge in [-0.25, -0.2) is 0 Å². The number of halogens is 1. The lowest BCUT2D eigenvalue weighted by Crippen LogP contribution is -2.46. The third-order valence-corrected chi connectivity index (χ3v) is 6.52. The normalized spacial score (nSPS) is 25.0. The highest BCUT2D eigenvalue weighted by atomic mass is 127. The van der Waals surface area contributed by atoms with E-state index in [1.165, 1.54) is 45.4 Å². The van der Waals surface area contributed by atoms with E-state index in [0.717, 1.165) is 57.8 Å². The van der Waals surface area contributed by atoms with Gasteiger partial charge < -0.3 is 25.3 Å².